The van der Waals surface area contributed by atoms with Gasteiger partial charge in [-0.3, -0.25) is 4.79 Å². The number of ether oxygens (including phenoxy) is 2. The van der Waals surface area contributed by atoms with Gasteiger partial charge in [0.2, 0.25) is 0 Å². The van der Waals surface area contributed by atoms with Gasteiger partial charge in [0.15, 0.2) is 0 Å². The third kappa shape index (κ3) is 5.70. The Labute approximate surface area is 106 Å². The van der Waals surface area contributed by atoms with Crippen molar-refractivity contribution in [1.82, 2.24) is 0 Å². The molecule has 0 saturated heterocycles. The monoisotopic (exact) mass is 328 g/mol. The van der Waals surface area contributed by atoms with E-state index >= 15 is 0 Å². The summed E-state index contributed by atoms with van der Waals surface area (Å²) in [5, 5.41) is 0. The normalized spacial score (nSPS) is 14.7. The predicted molar refractivity (Wildman–Crippen MR) is 69.4 cm³/mol. The van der Waals surface area contributed by atoms with E-state index in [1.807, 2.05) is 13.8 Å². The number of hydrogen-bond donors (Lipinski definition) is 0. The lowest BCUT2D eigenvalue weighted by atomic mass is 9.82. The van der Waals surface area contributed by atoms with Crippen LogP contribution in [0.2, 0.25) is 0 Å². The van der Waals surface area contributed by atoms with E-state index in [1.165, 1.54) is 0 Å². The van der Waals surface area contributed by atoms with E-state index in [1.54, 1.807) is 7.11 Å². The van der Waals surface area contributed by atoms with Crippen LogP contribution in [0.1, 0.15) is 33.1 Å². The van der Waals surface area contributed by atoms with E-state index in [2.05, 4.69) is 22.6 Å². The number of methoxy groups -OCH3 is 1. The zero-order valence-corrected chi connectivity index (χ0v) is 12.0. The molecule has 0 saturated carbocycles. The molecule has 0 aliphatic heterocycles. The van der Waals surface area contributed by atoms with Crippen molar-refractivity contribution in [1.29, 1.82) is 0 Å². The number of rotatable bonds is 8. The van der Waals surface area contributed by atoms with E-state index < -0.39 is 0 Å². The zero-order valence-electron chi connectivity index (χ0n) is 9.85. The quantitative estimate of drug-likeness (QED) is 0.390. The van der Waals surface area contributed by atoms with Gasteiger partial charge in [-0.05, 0) is 37.5 Å². The first kappa shape index (κ1) is 15.2. The first-order valence-electron chi connectivity index (χ1n) is 5.33. The Hall–Kier alpha value is 0.160. The zero-order chi connectivity index (χ0) is 11.7. The van der Waals surface area contributed by atoms with Crippen LogP contribution in [0.4, 0.5) is 0 Å². The molecular weight excluding hydrogens is 307 g/mol. The van der Waals surface area contributed by atoms with Crippen LogP contribution < -0.4 is 0 Å². The molecule has 0 fully saturated rings. The van der Waals surface area contributed by atoms with Gasteiger partial charge in [0.05, 0.1) is 12.0 Å². The van der Waals surface area contributed by atoms with E-state index in [-0.39, 0.29) is 11.4 Å². The van der Waals surface area contributed by atoms with Crippen LogP contribution in [0, 0.1) is 5.41 Å². The van der Waals surface area contributed by atoms with Crippen molar-refractivity contribution in [3.05, 3.63) is 0 Å². The second-order valence-electron chi connectivity index (χ2n) is 3.82. The van der Waals surface area contributed by atoms with Crippen molar-refractivity contribution in [2.45, 2.75) is 33.1 Å². The highest BCUT2D eigenvalue weighted by Crippen LogP contribution is 2.29. The fourth-order valence-electron chi connectivity index (χ4n) is 1.42. The lowest BCUT2D eigenvalue weighted by Gasteiger charge is -2.26. The average Bonchev–Trinajstić information content (AvgIpc) is 2.24. The Bertz CT molecular complexity index is 175. The molecular formula is C11H21IO3. The Kier molecular flexibility index (Phi) is 8.42. The minimum atomic E-state index is -0.378. The molecule has 90 valence electrons. The SMILES string of the molecule is CCOC(=O)C(C)(CCCI)CCOC. The molecule has 0 aromatic heterocycles. The lowest BCUT2D eigenvalue weighted by molar-refractivity contribution is -0.156. The molecule has 1 atom stereocenters. The van der Waals surface area contributed by atoms with E-state index in [0.717, 1.165) is 23.7 Å². The Morgan fingerprint density at radius 2 is 2.07 bits per heavy atom. The van der Waals surface area contributed by atoms with Gasteiger partial charge in [-0.2, -0.15) is 0 Å². The maximum absolute atomic E-state index is 11.8. The second-order valence-corrected chi connectivity index (χ2v) is 4.90. The highest BCUT2D eigenvalue weighted by Gasteiger charge is 2.33. The number of alkyl halides is 1. The summed E-state index contributed by atoms with van der Waals surface area (Å²) in [7, 11) is 1.66. The molecule has 0 radical (unpaired) electrons. The summed E-state index contributed by atoms with van der Waals surface area (Å²) in [6.45, 7) is 4.87. The Morgan fingerprint density at radius 3 is 2.53 bits per heavy atom. The number of halogens is 1. The van der Waals surface area contributed by atoms with E-state index in [9.17, 15) is 4.79 Å². The number of carbonyl (C=O) groups is 1. The summed E-state index contributed by atoms with van der Waals surface area (Å²) in [4.78, 5) is 11.8. The van der Waals surface area contributed by atoms with E-state index in [0.29, 0.717) is 13.2 Å². The molecule has 0 rings (SSSR count). The van der Waals surface area contributed by atoms with Crippen LogP contribution in [-0.4, -0.2) is 30.7 Å². The largest absolute Gasteiger partial charge is 0.466 e. The average molecular weight is 328 g/mol. The summed E-state index contributed by atoms with van der Waals surface area (Å²) in [5.41, 5.74) is -0.378. The third-order valence-corrected chi connectivity index (χ3v) is 3.25. The van der Waals surface area contributed by atoms with Gasteiger partial charge in [-0.15, -0.1) is 0 Å². The maximum Gasteiger partial charge on any atom is 0.311 e. The number of hydrogen-bond acceptors (Lipinski definition) is 3. The van der Waals surface area contributed by atoms with Crippen LogP contribution >= 0.6 is 22.6 Å². The molecule has 0 bridgehead atoms. The van der Waals surface area contributed by atoms with Crippen LogP contribution in [0.15, 0.2) is 0 Å². The summed E-state index contributed by atoms with van der Waals surface area (Å²) >= 11 is 2.33. The van der Waals surface area contributed by atoms with Crippen LogP contribution in [0.5, 0.6) is 0 Å². The molecule has 1 unspecified atom stereocenters. The molecule has 0 aromatic carbocycles. The lowest BCUT2D eigenvalue weighted by Crippen LogP contribution is -2.31. The molecule has 0 N–H and O–H groups in total. The van der Waals surface area contributed by atoms with Crippen molar-refractivity contribution in [3.8, 4) is 0 Å². The molecule has 0 heterocycles. The third-order valence-electron chi connectivity index (χ3n) is 2.49. The first-order chi connectivity index (χ1) is 7.10. The summed E-state index contributed by atoms with van der Waals surface area (Å²) in [5.74, 6) is -0.0908. The molecule has 15 heavy (non-hydrogen) atoms. The molecule has 0 amide bonds. The van der Waals surface area contributed by atoms with Gasteiger partial charge in [0.25, 0.3) is 0 Å². The molecule has 0 spiro atoms. The highest BCUT2D eigenvalue weighted by atomic mass is 127. The fraction of sp³-hybridized carbons (Fsp3) is 0.909. The van der Waals surface area contributed by atoms with Crippen molar-refractivity contribution in [2.75, 3.05) is 24.8 Å². The molecule has 0 aromatic rings. The topological polar surface area (TPSA) is 35.5 Å². The van der Waals surface area contributed by atoms with Gasteiger partial charge in [0, 0.05) is 13.7 Å². The highest BCUT2D eigenvalue weighted by molar-refractivity contribution is 14.1. The molecule has 4 heteroatoms. The molecule has 0 aliphatic rings. The summed E-state index contributed by atoms with van der Waals surface area (Å²) in [6, 6.07) is 0. The van der Waals surface area contributed by atoms with Crippen molar-refractivity contribution in [2.24, 2.45) is 5.41 Å². The molecule has 3 nitrogen and oxygen atoms in total. The minimum Gasteiger partial charge on any atom is -0.466 e. The van der Waals surface area contributed by atoms with Gasteiger partial charge in [-0.25, -0.2) is 0 Å². The molecule has 0 aliphatic carbocycles. The van der Waals surface area contributed by atoms with Gasteiger partial charge in [-0.1, -0.05) is 22.6 Å². The van der Waals surface area contributed by atoms with Gasteiger partial charge >= 0.3 is 5.97 Å². The minimum absolute atomic E-state index is 0.0908. The second kappa shape index (κ2) is 8.33. The van der Waals surface area contributed by atoms with Crippen molar-refractivity contribution < 1.29 is 14.3 Å². The van der Waals surface area contributed by atoms with Gasteiger partial charge < -0.3 is 9.47 Å². The van der Waals surface area contributed by atoms with Crippen LogP contribution in [0.3, 0.4) is 0 Å². The van der Waals surface area contributed by atoms with Crippen molar-refractivity contribution >= 4 is 28.6 Å². The van der Waals surface area contributed by atoms with Crippen molar-refractivity contribution in [3.63, 3.8) is 0 Å². The first-order valence-corrected chi connectivity index (χ1v) is 6.85. The Morgan fingerprint density at radius 1 is 1.40 bits per heavy atom. The van der Waals surface area contributed by atoms with Gasteiger partial charge in [0.1, 0.15) is 0 Å². The number of esters is 1. The van der Waals surface area contributed by atoms with Crippen LogP contribution in [-0.2, 0) is 14.3 Å². The fourth-order valence-corrected chi connectivity index (χ4v) is 1.80. The van der Waals surface area contributed by atoms with Crippen LogP contribution in [0.25, 0.3) is 0 Å². The standard InChI is InChI=1S/C11H21IO3/c1-4-15-10(13)11(2,6-5-8-12)7-9-14-3/h4-9H2,1-3H3. The maximum atomic E-state index is 11.8. The van der Waals surface area contributed by atoms with E-state index in [4.69, 9.17) is 9.47 Å². The smallest absolute Gasteiger partial charge is 0.311 e. The summed E-state index contributed by atoms with van der Waals surface area (Å²) in [6.07, 6.45) is 2.65. The number of carbonyl (C=O) groups excluding carboxylic acids is 1. The summed E-state index contributed by atoms with van der Waals surface area (Å²) < 4.78 is 11.2. The predicted octanol–water partition coefficient (Wildman–Crippen LogP) is 2.81. The Balaban J connectivity index is 4.30.